The predicted octanol–water partition coefficient (Wildman–Crippen LogP) is 3.19. The minimum Gasteiger partial charge on any atom is -0.332 e. The summed E-state index contributed by atoms with van der Waals surface area (Å²) in [7, 11) is 0. The molecule has 1 aromatic carbocycles. The van der Waals surface area contributed by atoms with Crippen LogP contribution in [0.5, 0.6) is 0 Å². The molecule has 1 aliphatic carbocycles. The minimum atomic E-state index is -0.177. The SMILES string of the molecule is CC1(c2noc(-c3ncn4c3c(=O)n(Cc3ccccn3)c3ccccc34)n2)CC1. The molecule has 0 N–H and O–H groups in total. The van der Waals surface area contributed by atoms with Crippen LogP contribution in [0.3, 0.4) is 0 Å². The van der Waals surface area contributed by atoms with Gasteiger partial charge < -0.3 is 4.52 Å². The molecule has 0 spiro atoms. The van der Waals surface area contributed by atoms with Crippen molar-refractivity contribution >= 4 is 16.6 Å². The summed E-state index contributed by atoms with van der Waals surface area (Å²) in [5.41, 5.74) is 3.10. The number of pyridine rings is 1. The van der Waals surface area contributed by atoms with Gasteiger partial charge >= 0.3 is 0 Å². The number of nitrogens with zero attached hydrogens (tertiary/aromatic N) is 6. The lowest BCUT2D eigenvalue weighted by molar-refractivity contribution is 0.415. The number of aromatic nitrogens is 6. The normalized spacial score (nSPS) is 15.1. The smallest absolute Gasteiger partial charge is 0.279 e. The molecule has 1 saturated carbocycles. The number of rotatable bonds is 4. The Morgan fingerprint density at radius 3 is 2.63 bits per heavy atom. The van der Waals surface area contributed by atoms with Crippen LogP contribution in [0.4, 0.5) is 0 Å². The van der Waals surface area contributed by atoms with Crippen LogP contribution in [0.15, 0.2) is 64.3 Å². The van der Waals surface area contributed by atoms with Crippen LogP contribution >= 0.6 is 0 Å². The molecule has 0 atom stereocenters. The van der Waals surface area contributed by atoms with Gasteiger partial charge in [0.05, 0.1) is 23.3 Å². The molecule has 30 heavy (non-hydrogen) atoms. The van der Waals surface area contributed by atoms with Gasteiger partial charge in [-0.05, 0) is 37.1 Å². The fourth-order valence-corrected chi connectivity index (χ4v) is 3.81. The summed E-state index contributed by atoms with van der Waals surface area (Å²) in [6.45, 7) is 2.47. The van der Waals surface area contributed by atoms with Crippen molar-refractivity contribution in [1.82, 2.24) is 29.1 Å². The third-order valence-corrected chi connectivity index (χ3v) is 5.86. The maximum atomic E-state index is 13.6. The average Bonchev–Trinajstić information content (AvgIpc) is 3.19. The molecule has 0 unspecified atom stereocenters. The van der Waals surface area contributed by atoms with Gasteiger partial charge in [-0.15, -0.1) is 0 Å². The van der Waals surface area contributed by atoms with E-state index < -0.39 is 0 Å². The summed E-state index contributed by atoms with van der Waals surface area (Å²) in [6.07, 6.45) is 5.45. The second-order valence-electron chi connectivity index (χ2n) is 8.00. The molecular weight excluding hydrogens is 380 g/mol. The van der Waals surface area contributed by atoms with Gasteiger partial charge in [0.1, 0.15) is 11.8 Å². The van der Waals surface area contributed by atoms with Crippen molar-refractivity contribution in [2.45, 2.75) is 31.7 Å². The van der Waals surface area contributed by atoms with E-state index in [1.807, 2.05) is 42.5 Å². The molecule has 4 aromatic heterocycles. The molecule has 4 heterocycles. The van der Waals surface area contributed by atoms with Crippen molar-refractivity contribution in [2.75, 3.05) is 0 Å². The zero-order valence-corrected chi connectivity index (χ0v) is 16.3. The Labute approximate surface area is 170 Å². The molecule has 1 fully saturated rings. The van der Waals surface area contributed by atoms with Crippen molar-refractivity contribution in [3.63, 3.8) is 0 Å². The standard InChI is InChI=1S/C22H18N6O2/c1-22(9-10-22)21-25-19(30-26-21)17-18-20(29)27(12-14-6-4-5-11-23-14)15-7-2-3-8-16(15)28(18)13-24-17/h2-8,11,13H,9-10,12H2,1H3. The first-order chi connectivity index (χ1) is 14.6. The summed E-state index contributed by atoms with van der Waals surface area (Å²) >= 11 is 0. The lowest BCUT2D eigenvalue weighted by atomic mass is 10.1. The molecule has 8 heteroatoms. The summed E-state index contributed by atoms with van der Waals surface area (Å²) in [4.78, 5) is 27.0. The Balaban J connectivity index is 1.60. The Kier molecular flexibility index (Phi) is 3.47. The van der Waals surface area contributed by atoms with Gasteiger partial charge in [-0.2, -0.15) is 4.98 Å². The van der Waals surface area contributed by atoms with E-state index in [4.69, 9.17) is 4.52 Å². The van der Waals surface area contributed by atoms with Crippen molar-refractivity contribution in [3.8, 4) is 11.6 Å². The fraction of sp³-hybridized carbons (Fsp3) is 0.227. The Morgan fingerprint density at radius 1 is 1.07 bits per heavy atom. The maximum absolute atomic E-state index is 13.6. The van der Waals surface area contributed by atoms with Crippen LogP contribution in [-0.2, 0) is 12.0 Å². The van der Waals surface area contributed by atoms with Gasteiger partial charge in [0.25, 0.3) is 11.4 Å². The second kappa shape index (κ2) is 6.09. The Hall–Kier alpha value is -3.81. The van der Waals surface area contributed by atoms with Crippen LogP contribution < -0.4 is 5.56 Å². The van der Waals surface area contributed by atoms with Gasteiger partial charge in [0.2, 0.25) is 0 Å². The van der Waals surface area contributed by atoms with Crippen LogP contribution in [-0.4, -0.2) is 29.1 Å². The fourth-order valence-electron chi connectivity index (χ4n) is 3.81. The summed E-state index contributed by atoms with van der Waals surface area (Å²) in [5, 5.41) is 4.14. The molecule has 8 nitrogen and oxygen atoms in total. The molecule has 0 saturated heterocycles. The molecule has 0 bridgehead atoms. The molecule has 6 rings (SSSR count). The molecule has 0 radical (unpaired) electrons. The van der Waals surface area contributed by atoms with E-state index in [1.54, 1.807) is 21.5 Å². The molecule has 1 aliphatic rings. The van der Waals surface area contributed by atoms with Gasteiger partial charge in [0, 0.05) is 11.6 Å². The van der Waals surface area contributed by atoms with Crippen molar-refractivity contribution in [3.05, 3.63) is 76.9 Å². The van der Waals surface area contributed by atoms with Crippen LogP contribution in [0.25, 0.3) is 28.1 Å². The second-order valence-corrected chi connectivity index (χ2v) is 8.00. The average molecular weight is 398 g/mol. The van der Waals surface area contributed by atoms with Crippen molar-refractivity contribution < 1.29 is 4.52 Å². The third kappa shape index (κ3) is 2.50. The topological polar surface area (TPSA) is 91.1 Å². The summed E-state index contributed by atoms with van der Waals surface area (Å²) < 4.78 is 9.03. The first kappa shape index (κ1) is 17.1. The largest absolute Gasteiger partial charge is 0.332 e. The number of hydrogen-bond donors (Lipinski definition) is 0. The first-order valence-corrected chi connectivity index (χ1v) is 9.87. The molecular formula is C22H18N6O2. The number of fused-ring (bicyclic) bond motifs is 3. The lowest BCUT2D eigenvalue weighted by Crippen LogP contribution is -2.24. The predicted molar refractivity (Wildman–Crippen MR) is 110 cm³/mol. The molecule has 5 aromatic rings. The van der Waals surface area contributed by atoms with Gasteiger partial charge in [-0.1, -0.05) is 30.3 Å². The van der Waals surface area contributed by atoms with Crippen LogP contribution in [0.1, 0.15) is 31.3 Å². The van der Waals surface area contributed by atoms with E-state index in [-0.39, 0.29) is 16.9 Å². The highest BCUT2D eigenvalue weighted by Gasteiger charge is 2.43. The molecule has 0 aliphatic heterocycles. The Morgan fingerprint density at radius 2 is 1.87 bits per heavy atom. The van der Waals surface area contributed by atoms with Crippen LogP contribution in [0, 0.1) is 0 Å². The van der Waals surface area contributed by atoms with Crippen LogP contribution in [0.2, 0.25) is 0 Å². The van der Waals surface area contributed by atoms with E-state index in [0.29, 0.717) is 23.6 Å². The van der Waals surface area contributed by atoms with Gasteiger partial charge in [-0.25, -0.2) is 4.98 Å². The lowest BCUT2D eigenvalue weighted by Gasteiger charge is -2.12. The summed E-state index contributed by atoms with van der Waals surface area (Å²) in [5.74, 6) is 0.950. The van der Waals surface area contributed by atoms with Crippen molar-refractivity contribution in [1.29, 1.82) is 0 Å². The zero-order chi connectivity index (χ0) is 20.3. The van der Waals surface area contributed by atoms with Gasteiger partial charge in [0.15, 0.2) is 11.5 Å². The van der Waals surface area contributed by atoms with E-state index in [2.05, 4.69) is 27.0 Å². The monoisotopic (exact) mass is 398 g/mol. The van der Waals surface area contributed by atoms with Gasteiger partial charge in [-0.3, -0.25) is 18.7 Å². The maximum Gasteiger partial charge on any atom is 0.279 e. The van der Waals surface area contributed by atoms with E-state index >= 15 is 0 Å². The zero-order valence-electron chi connectivity index (χ0n) is 16.3. The van der Waals surface area contributed by atoms with Crippen molar-refractivity contribution in [2.24, 2.45) is 0 Å². The molecule has 148 valence electrons. The minimum absolute atomic E-state index is 0.0246. The highest BCUT2D eigenvalue weighted by atomic mass is 16.5. The number of hydrogen-bond acceptors (Lipinski definition) is 6. The van der Waals surface area contributed by atoms with E-state index in [1.165, 1.54) is 0 Å². The quantitative estimate of drug-likeness (QED) is 0.462. The highest BCUT2D eigenvalue weighted by Crippen LogP contribution is 2.46. The van der Waals surface area contributed by atoms with E-state index in [9.17, 15) is 4.79 Å². The first-order valence-electron chi connectivity index (χ1n) is 9.87. The number of imidazole rings is 1. The highest BCUT2D eigenvalue weighted by molar-refractivity contribution is 5.83. The molecule has 0 amide bonds. The summed E-state index contributed by atoms with van der Waals surface area (Å²) in [6, 6.07) is 13.4. The third-order valence-electron chi connectivity index (χ3n) is 5.86. The number of para-hydroxylation sites is 2. The van der Waals surface area contributed by atoms with E-state index in [0.717, 1.165) is 29.6 Å². The number of benzene rings is 1. The Bertz CT molecular complexity index is 1460.